The fraction of sp³-hybridized carbons (Fsp3) is 0.500. The molecule has 1 aromatic rings. The van der Waals surface area contributed by atoms with E-state index < -0.39 is 12.0 Å². The molecule has 0 fully saturated rings. The SMILES string of the molecule is C.CCOC(=O)N(C(=O)CCl)c1c(CC)cccc1CC. The van der Waals surface area contributed by atoms with Gasteiger partial charge in [0, 0.05) is 0 Å². The van der Waals surface area contributed by atoms with Crippen LogP contribution < -0.4 is 4.90 Å². The number of nitrogens with zero attached hydrogens (tertiary/aromatic N) is 1. The maximum Gasteiger partial charge on any atom is 0.421 e. The Labute approximate surface area is 132 Å². The second-order valence-electron chi connectivity index (χ2n) is 4.19. The van der Waals surface area contributed by atoms with Crippen molar-refractivity contribution >= 4 is 29.3 Å². The Morgan fingerprint density at radius 1 is 1.14 bits per heavy atom. The lowest BCUT2D eigenvalue weighted by atomic mass is 10.0. The number of anilines is 1. The first kappa shape index (κ1) is 19.4. The molecule has 0 aliphatic rings. The number of halogens is 1. The molecule has 0 atom stereocenters. The number of amides is 2. The second-order valence-corrected chi connectivity index (χ2v) is 4.46. The minimum absolute atomic E-state index is 0. The fourth-order valence-electron chi connectivity index (χ4n) is 2.07. The van der Waals surface area contributed by atoms with E-state index in [2.05, 4.69) is 0 Å². The van der Waals surface area contributed by atoms with Crippen LogP contribution in [0.2, 0.25) is 0 Å². The fourth-order valence-corrected chi connectivity index (χ4v) is 2.19. The lowest BCUT2D eigenvalue weighted by molar-refractivity contribution is -0.115. The molecule has 1 aromatic carbocycles. The molecule has 0 N–H and O–H groups in total. The number of aryl methyl sites for hydroxylation is 2. The van der Waals surface area contributed by atoms with Gasteiger partial charge in [0.2, 0.25) is 0 Å². The molecule has 21 heavy (non-hydrogen) atoms. The number of hydrogen-bond acceptors (Lipinski definition) is 3. The minimum Gasteiger partial charge on any atom is -0.449 e. The van der Waals surface area contributed by atoms with Gasteiger partial charge in [-0.3, -0.25) is 4.79 Å². The van der Waals surface area contributed by atoms with E-state index in [0.717, 1.165) is 16.0 Å². The topological polar surface area (TPSA) is 46.6 Å². The first-order valence-electron chi connectivity index (χ1n) is 6.77. The molecule has 2 amide bonds. The summed E-state index contributed by atoms with van der Waals surface area (Å²) in [4.78, 5) is 25.2. The molecule has 0 saturated carbocycles. The van der Waals surface area contributed by atoms with Crippen LogP contribution in [-0.4, -0.2) is 24.5 Å². The molecule has 0 unspecified atom stereocenters. The van der Waals surface area contributed by atoms with Crippen LogP contribution in [-0.2, 0) is 22.4 Å². The van der Waals surface area contributed by atoms with Crippen LogP contribution in [0.25, 0.3) is 0 Å². The lowest BCUT2D eigenvalue weighted by Gasteiger charge is -2.24. The number of ether oxygens (including phenoxy) is 1. The molecular weight excluding hydrogens is 290 g/mol. The van der Waals surface area contributed by atoms with Crippen molar-refractivity contribution in [1.82, 2.24) is 0 Å². The maximum absolute atomic E-state index is 12.1. The normalized spacial score (nSPS) is 9.71. The van der Waals surface area contributed by atoms with E-state index in [1.54, 1.807) is 6.92 Å². The van der Waals surface area contributed by atoms with Crippen molar-refractivity contribution in [2.24, 2.45) is 0 Å². The average molecular weight is 314 g/mol. The molecule has 118 valence electrons. The van der Waals surface area contributed by atoms with Gasteiger partial charge < -0.3 is 4.74 Å². The molecule has 0 spiro atoms. The van der Waals surface area contributed by atoms with E-state index in [4.69, 9.17) is 16.3 Å². The average Bonchev–Trinajstić information content (AvgIpc) is 2.47. The monoisotopic (exact) mass is 313 g/mol. The van der Waals surface area contributed by atoms with Crippen molar-refractivity contribution < 1.29 is 14.3 Å². The summed E-state index contributed by atoms with van der Waals surface area (Å²) in [6.45, 7) is 5.87. The Bertz CT molecular complexity index is 466. The third-order valence-electron chi connectivity index (χ3n) is 3.00. The number of rotatable bonds is 5. The van der Waals surface area contributed by atoms with Gasteiger partial charge in [0.05, 0.1) is 12.3 Å². The quantitative estimate of drug-likeness (QED) is 0.766. The second kappa shape index (κ2) is 9.40. The Hall–Kier alpha value is -1.55. The van der Waals surface area contributed by atoms with E-state index in [1.807, 2.05) is 32.0 Å². The van der Waals surface area contributed by atoms with Crippen LogP contribution in [0.5, 0.6) is 0 Å². The van der Waals surface area contributed by atoms with E-state index in [0.29, 0.717) is 18.5 Å². The summed E-state index contributed by atoms with van der Waals surface area (Å²) in [7, 11) is 0. The van der Waals surface area contributed by atoms with Gasteiger partial charge in [0.1, 0.15) is 5.88 Å². The van der Waals surface area contributed by atoms with E-state index in [-0.39, 0.29) is 19.9 Å². The molecule has 0 radical (unpaired) electrons. The van der Waals surface area contributed by atoms with Crippen LogP contribution in [0.4, 0.5) is 10.5 Å². The summed E-state index contributed by atoms with van der Waals surface area (Å²) in [5, 5.41) is 0. The molecular formula is C16H24ClNO3. The molecule has 0 bridgehead atoms. The minimum atomic E-state index is -0.672. The summed E-state index contributed by atoms with van der Waals surface area (Å²) in [6.07, 6.45) is 0.761. The Morgan fingerprint density at radius 2 is 1.67 bits per heavy atom. The van der Waals surface area contributed by atoms with Gasteiger partial charge in [-0.15, -0.1) is 11.6 Å². The third-order valence-corrected chi connectivity index (χ3v) is 3.23. The summed E-state index contributed by atoms with van der Waals surface area (Å²) in [5.41, 5.74) is 2.47. The summed E-state index contributed by atoms with van der Waals surface area (Å²) < 4.78 is 4.99. The molecule has 0 heterocycles. The van der Waals surface area contributed by atoms with Crippen LogP contribution in [0.15, 0.2) is 18.2 Å². The van der Waals surface area contributed by atoms with Crippen molar-refractivity contribution in [2.45, 2.75) is 41.0 Å². The first-order valence-corrected chi connectivity index (χ1v) is 7.30. The molecule has 4 nitrogen and oxygen atoms in total. The van der Waals surface area contributed by atoms with Gasteiger partial charge in [0.15, 0.2) is 0 Å². The van der Waals surface area contributed by atoms with Crippen LogP contribution in [0.1, 0.15) is 39.3 Å². The highest BCUT2D eigenvalue weighted by Gasteiger charge is 2.27. The zero-order chi connectivity index (χ0) is 15.1. The van der Waals surface area contributed by atoms with Gasteiger partial charge in [-0.1, -0.05) is 39.5 Å². The Kier molecular flexibility index (Phi) is 8.70. The zero-order valence-electron chi connectivity index (χ0n) is 12.1. The van der Waals surface area contributed by atoms with Gasteiger partial charge in [-0.2, -0.15) is 0 Å². The highest BCUT2D eigenvalue weighted by atomic mass is 35.5. The van der Waals surface area contributed by atoms with E-state index in [1.165, 1.54) is 0 Å². The van der Waals surface area contributed by atoms with Crippen molar-refractivity contribution in [2.75, 3.05) is 17.4 Å². The number of imide groups is 1. The summed E-state index contributed by atoms with van der Waals surface area (Å²) in [6, 6.07) is 5.74. The molecule has 1 rings (SSSR count). The largest absolute Gasteiger partial charge is 0.449 e. The van der Waals surface area contributed by atoms with Crippen molar-refractivity contribution in [1.29, 1.82) is 0 Å². The van der Waals surface area contributed by atoms with Crippen molar-refractivity contribution in [3.8, 4) is 0 Å². The number of carbonyl (C=O) groups is 2. The van der Waals surface area contributed by atoms with Crippen LogP contribution >= 0.6 is 11.6 Å². The third kappa shape index (κ3) is 4.46. The van der Waals surface area contributed by atoms with Crippen LogP contribution in [0, 0.1) is 0 Å². The molecule has 0 aliphatic carbocycles. The van der Waals surface area contributed by atoms with Crippen molar-refractivity contribution in [3.63, 3.8) is 0 Å². The standard InChI is InChI=1S/C15H20ClNO3.CH4/c1-4-11-8-7-9-12(5-2)14(11)17(13(18)10-16)15(19)20-6-3;/h7-9H,4-6,10H2,1-3H3;1H4. The molecule has 0 saturated heterocycles. The van der Waals surface area contributed by atoms with E-state index in [9.17, 15) is 9.59 Å². The molecule has 0 aromatic heterocycles. The Morgan fingerprint density at radius 3 is 2.05 bits per heavy atom. The first-order chi connectivity index (χ1) is 9.60. The number of benzene rings is 1. The van der Waals surface area contributed by atoms with Crippen LogP contribution in [0.3, 0.4) is 0 Å². The maximum atomic E-state index is 12.1. The number of para-hydroxylation sites is 1. The summed E-state index contributed by atoms with van der Waals surface area (Å²) in [5.74, 6) is -0.735. The van der Waals surface area contributed by atoms with Gasteiger partial charge in [-0.25, -0.2) is 9.69 Å². The highest BCUT2D eigenvalue weighted by molar-refractivity contribution is 6.32. The number of carbonyl (C=O) groups excluding carboxylic acids is 2. The zero-order valence-corrected chi connectivity index (χ0v) is 12.9. The van der Waals surface area contributed by atoms with Crippen molar-refractivity contribution in [3.05, 3.63) is 29.3 Å². The Balaban J connectivity index is 0.00000400. The van der Waals surface area contributed by atoms with Gasteiger partial charge in [0.25, 0.3) is 5.91 Å². The van der Waals surface area contributed by atoms with Gasteiger partial charge >= 0.3 is 6.09 Å². The van der Waals surface area contributed by atoms with E-state index >= 15 is 0 Å². The number of alkyl halides is 1. The number of hydrogen-bond donors (Lipinski definition) is 0. The van der Waals surface area contributed by atoms with Gasteiger partial charge in [-0.05, 0) is 30.9 Å². The summed E-state index contributed by atoms with van der Waals surface area (Å²) >= 11 is 5.63. The smallest absolute Gasteiger partial charge is 0.421 e. The highest BCUT2D eigenvalue weighted by Crippen LogP contribution is 2.28. The predicted octanol–water partition coefficient (Wildman–Crippen LogP) is 4.18. The lowest BCUT2D eigenvalue weighted by Crippen LogP contribution is -2.39. The molecule has 5 heteroatoms. The molecule has 0 aliphatic heterocycles. The predicted molar refractivity (Wildman–Crippen MR) is 87.2 cm³/mol.